The van der Waals surface area contributed by atoms with Crippen molar-refractivity contribution in [3.63, 3.8) is 0 Å². The van der Waals surface area contributed by atoms with Crippen LogP contribution in [0.4, 0.5) is 10.1 Å². The highest BCUT2D eigenvalue weighted by Gasteiger charge is 2.24. The van der Waals surface area contributed by atoms with Crippen molar-refractivity contribution in [2.45, 2.75) is 6.54 Å². The summed E-state index contributed by atoms with van der Waals surface area (Å²) in [5.41, 5.74) is 2.50. The zero-order valence-corrected chi connectivity index (χ0v) is 17.2. The van der Waals surface area contributed by atoms with Crippen molar-refractivity contribution in [2.24, 2.45) is 0 Å². The molecule has 0 aliphatic carbocycles. The number of ether oxygens (including phenoxy) is 1. The number of thiazole rings is 1. The number of hydrogen-bond donors (Lipinski definition) is 1. The fourth-order valence-corrected chi connectivity index (χ4v) is 4.75. The van der Waals surface area contributed by atoms with Gasteiger partial charge in [-0.05, 0) is 23.4 Å². The zero-order chi connectivity index (χ0) is 20.5. The summed E-state index contributed by atoms with van der Waals surface area (Å²) in [6.07, 6.45) is 0. The number of aromatic amines is 1. The number of para-hydroxylation sites is 1. The summed E-state index contributed by atoms with van der Waals surface area (Å²) in [7, 11) is 1.46. The van der Waals surface area contributed by atoms with Crippen molar-refractivity contribution >= 4 is 27.2 Å². The van der Waals surface area contributed by atoms with Crippen LogP contribution in [0.25, 0.3) is 21.6 Å². The number of nitrogens with zero attached hydrogens (tertiary/aromatic N) is 6. The Labute approximate surface area is 176 Å². The molecule has 1 N–H and O–H groups in total. The molecule has 2 aromatic carbocycles. The minimum Gasteiger partial charge on any atom is -0.494 e. The Balaban J connectivity index is 1.33. The summed E-state index contributed by atoms with van der Waals surface area (Å²) in [6.45, 7) is 4.18. The summed E-state index contributed by atoms with van der Waals surface area (Å²) in [4.78, 5) is 9.35. The topological polar surface area (TPSA) is 83.1 Å². The Bertz CT molecular complexity index is 1120. The van der Waals surface area contributed by atoms with Gasteiger partial charge in [0.15, 0.2) is 11.6 Å². The SMILES string of the molecule is COc1cc(N2CCN(Cc3nc4ccccc4s3)CC2)c(-c2nn[nH]n2)cc1F. The van der Waals surface area contributed by atoms with Crippen molar-refractivity contribution < 1.29 is 9.13 Å². The number of benzene rings is 2. The average Bonchev–Trinajstić information content (AvgIpc) is 3.44. The number of halogens is 1. The Morgan fingerprint density at radius 3 is 2.73 bits per heavy atom. The molecule has 1 fully saturated rings. The lowest BCUT2D eigenvalue weighted by atomic mass is 10.1. The Hall–Kier alpha value is -3.11. The summed E-state index contributed by atoms with van der Waals surface area (Å²) in [5, 5.41) is 15.2. The second-order valence-corrected chi connectivity index (χ2v) is 8.19. The molecule has 1 saturated heterocycles. The van der Waals surface area contributed by atoms with Gasteiger partial charge in [0.1, 0.15) is 5.01 Å². The van der Waals surface area contributed by atoms with E-state index in [9.17, 15) is 4.39 Å². The van der Waals surface area contributed by atoms with E-state index in [1.165, 1.54) is 17.9 Å². The predicted octanol–water partition coefficient (Wildman–Crippen LogP) is 2.95. The summed E-state index contributed by atoms with van der Waals surface area (Å²) in [6, 6.07) is 11.3. The second-order valence-electron chi connectivity index (χ2n) is 7.08. The van der Waals surface area contributed by atoms with Crippen molar-refractivity contribution in [2.75, 3.05) is 38.2 Å². The van der Waals surface area contributed by atoms with Gasteiger partial charge in [-0.2, -0.15) is 5.21 Å². The number of methoxy groups -OCH3 is 1. The van der Waals surface area contributed by atoms with Crippen LogP contribution in [0.3, 0.4) is 0 Å². The van der Waals surface area contributed by atoms with E-state index in [-0.39, 0.29) is 5.75 Å². The van der Waals surface area contributed by atoms with Gasteiger partial charge in [-0.3, -0.25) is 4.90 Å². The molecule has 0 bridgehead atoms. The molecule has 0 saturated carbocycles. The lowest BCUT2D eigenvalue weighted by molar-refractivity contribution is 0.249. The lowest BCUT2D eigenvalue weighted by Crippen LogP contribution is -2.46. The van der Waals surface area contributed by atoms with Crippen LogP contribution in [-0.2, 0) is 6.54 Å². The standard InChI is InChI=1S/C20H20FN7OS/c1-29-17-11-16(13(10-14(17)21)20-23-25-26-24-20)28-8-6-27(7-9-28)12-19-22-15-4-2-3-5-18(15)30-19/h2-5,10-11H,6-9,12H2,1H3,(H,23,24,25,26). The molecule has 0 amide bonds. The number of rotatable bonds is 5. The van der Waals surface area contributed by atoms with E-state index >= 15 is 0 Å². The van der Waals surface area contributed by atoms with Gasteiger partial charge in [0.25, 0.3) is 0 Å². The number of H-pyrrole nitrogens is 1. The average molecular weight is 425 g/mol. The first-order chi connectivity index (χ1) is 14.7. The van der Waals surface area contributed by atoms with Gasteiger partial charge in [-0.1, -0.05) is 12.1 Å². The molecular weight excluding hydrogens is 405 g/mol. The van der Waals surface area contributed by atoms with Gasteiger partial charge >= 0.3 is 0 Å². The molecule has 30 heavy (non-hydrogen) atoms. The molecule has 0 spiro atoms. The Kier molecular flexibility index (Phi) is 5.01. The minimum atomic E-state index is -0.449. The molecule has 3 heterocycles. The van der Waals surface area contributed by atoms with Crippen molar-refractivity contribution in [1.82, 2.24) is 30.5 Å². The van der Waals surface area contributed by atoms with Crippen molar-refractivity contribution in [1.29, 1.82) is 0 Å². The first kappa shape index (κ1) is 18.9. The number of aromatic nitrogens is 5. The normalized spacial score (nSPS) is 15.1. The van der Waals surface area contributed by atoms with E-state index in [0.29, 0.717) is 11.4 Å². The molecule has 10 heteroatoms. The van der Waals surface area contributed by atoms with Crippen LogP contribution in [0, 0.1) is 5.82 Å². The highest BCUT2D eigenvalue weighted by molar-refractivity contribution is 7.18. The van der Waals surface area contributed by atoms with Gasteiger partial charge in [0.2, 0.25) is 5.82 Å². The maximum Gasteiger partial charge on any atom is 0.206 e. The third-order valence-corrected chi connectivity index (χ3v) is 6.29. The van der Waals surface area contributed by atoms with E-state index in [4.69, 9.17) is 9.72 Å². The Morgan fingerprint density at radius 2 is 2.00 bits per heavy atom. The molecule has 0 unspecified atom stereocenters. The van der Waals surface area contributed by atoms with Gasteiger partial charge in [0, 0.05) is 37.8 Å². The number of tetrazole rings is 1. The van der Waals surface area contributed by atoms with E-state index in [0.717, 1.165) is 48.9 Å². The van der Waals surface area contributed by atoms with Crippen molar-refractivity contribution in [3.8, 4) is 17.1 Å². The molecule has 0 atom stereocenters. The summed E-state index contributed by atoms with van der Waals surface area (Å²) < 4.78 is 20.7. The molecule has 1 aliphatic heterocycles. The molecule has 154 valence electrons. The maximum absolute atomic E-state index is 14.3. The summed E-state index contributed by atoms with van der Waals surface area (Å²) in [5.74, 6) is 0.119. The lowest BCUT2D eigenvalue weighted by Gasteiger charge is -2.36. The molecule has 5 rings (SSSR count). The number of fused-ring (bicyclic) bond motifs is 1. The van der Waals surface area contributed by atoms with Crippen LogP contribution in [-0.4, -0.2) is 63.8 Å². The molecule has 2 aromatic heterocycles. The zero-order valence-electron chi connectivity index (χ0n) is 16.4. The molecule has 8 nitrogen and oxygen atoms in total. The smallest absolute Gasteiger partial charge is 0.206 e. The number of anilines is 1. The predicted molar refractivity (Wildman–Crippen MR) is 113 cm³/mol. The van der Waals surface area contributed by atoms with Crippen LogP contribution < -0.4 is 9.64 Å². The van der Waals surface area contributed by atoms with Gasteiger partial charge in [-0.15, -0.1) is 21.5 Å². The second kappa shape index (κ2) is 7.96. The maximum atomic E-state index is 14.3. The quantitative estimate of drug-likeness (QED) is 0.526. The Morgan fingerprint density at radius 1 is 1.17 bits per heavy atom. The van der Waals surface area contributed by atoms with Crippen LogP contribution in [0.2, 0.25) is 0 Å². The molecule has 4 aromatic rings. The largest absolute Gasteiger partial charge is 0.494 e. The highest BCUT2D eigenvalue weighted by atomic mass is 32.1. The van der Waals surface area contributed by atoms with E-state index in [1.807, 2.05) is 12.1 Å². The minimum absolute atomic E-state index is 0.203. The third kappa shape index (κ3) is 3.59. The summed E-state index contributed by atoms with van der Waals surface area (Å²) >= 11 is 1.74. The van der Waals surface area contributed by atoms with Gasteiger partial charge in [0.05, 0.1) is 29.6 Å². The molecular formula is C20H20FN7OS. The fraction of sp³-hybridized carbons (Fsp3) is 0.300. The van der Waals surface area contributed by atoms with E-state index in [1.54, 1.807) is 17.4 Å². The van der Waals surface area contributed by atoms with E-state index in [2.05, 4.69) is 42.6 Å². The molecule has 0 radical (unpaired) electrons. The van der Waals surface area contributed by atoms with Gasteiger partial charge in [-0.25, -0.2) is 9.37 Å². The van der Waals surface area contributed by atoms with Crippen LogP contribution >= 0.6 is 11.3 Å². The van der Waals surface area contributed by atoms with Crippen molar-refractivity contribution in [3.05, 3.63) is 47.2 Å². The van der Waals surface area contributed by atoms with Crippen LogP contribution in [0.1, 0.15) is 5.01 Å². The molecule has 1 aliphatic rings. The first-order valence-electron chi connectivity index (χ1n) is 9.64. The van der Waals surface area contributed by atoms with Gasteiger partial charge < -0.3 is 9.64 Å². The highest BCUT2D eigenvalue weighted by Crippen LogP contribution is 2.35. The van der Waals surface area contributed by atoms with Crippen LogP contribution in [0.5, 0.6) is 5.75 Å². The monoisotopic (exact) mass is 425 g/mol. The first-order valence-corrected chi connectivity index (χ1v) is 10.5. The van der Waals surface area contributed by atoms with Crippen LogP contribution in [0.15, 0.2) is 36.4 Å². The fourth-order valence-electron chi connectivity index (χ4n) is 3.74. The number of piperazine rings is 1. The van der Waals surface area contributed by atoms with E-state index < -0.39 is 5.82 Å². The third-order valence-electron chi connectivity index (χ3n) is 5.27. The number of hydrogen-bond acceptors (Lipinski definition) is 8. The number of nitrogens with one attached hydrogen (secondary N) is 1.